The van der Waals surface area contributed by atoms with Gasteiger partial charge in [-0.2, -0.15) is 13.2 Å². The Kier molecular flexibility index (Phi) is 6.09. The average Bonchev–Trinajstić information content (AvgIpc) is 2.77. The van der Waals surface area contributed by atoms with Gasteiger partial charge in [0.15, 0.2) is 0 Å². The normalized spacial score (nSPS) is 19.7. The molecule has 1 aromatic carbocycles. The molecule has 1 aliphatic rings. The highest BCUT2D eigenvalue weighted by Crippen LogP contribution is 2.43. The Balaban J connectivity index is 1.57. The maximum absolute atomic E-state index is 13.5. The fourth-order valence-electron chi connectivity index (χ4n) is 3.95. The van der Waals surface area contributed by atoms with Crippen LogP contribution in [0.3, 0.4) is 0 Å². The van der Waals surface area contributed by atoms with Gasteiger partial charge >= 0.3 is 6.18 Å². The van der Waals surface area contributed by atoms with Gasteiger partial charge in [-0.3, -0.25) is 4.98 Å². The summed E-state index contributed by atoms with van der Waals surface area (Å²) in [5.41, 5.74) is 1.03. The number of alkyl halides is 3. The number of halogens is 4. The van der Waals surface area contributed by atoms with Crippen molar-refractivity contribution in [3.63, 3.8) is 0 Å². The molecule has 1 aliphatic carbocycles. The number of pyridine rings is 1. The fraction of sp³-hybridized carbons (Fsp3) is 0.375. The summed E-state index contributed by atoms with van der Waals surface area (Å²) < 4.78 is 53.9. The van der Waals surface area contributed by atoms with Crippen LogP contribution in [0.2, 0.25) is 0 Å². The highest BCUT2D eigenvalue weighted by Gasteiger charge is 2.48. The Bertz CT molecular complexity index is 1130. The van der Waals surface area contributed by atoms with Gasteiger partial charge in [-0.25, -0.2) is 14.4 Å². The molecule has 2 atom stereocenters. The molecule has 3 aromatic rings. The summed E-state index contributed by atoms with van der Waals surface area (Å²) in [6.45, 7) is 3.60. The van der Waals surface area contributed by atoms with Crippen molar-refractivity contribution in [2.24, 2.45) is 5.41 Å². The topological polar surface area (TPSA) is 70.9 Å². The predicted octanol–water partition coefficient (Wildman–Crippen LogP) is 5.05. The number of aliphatic hydroxyl groups excluding tert-OH is 1. The number of rotatable bonds is 6. The van der Waals surface area contributed by atoms with E-state index in [0.717, 1.165) is 22.9 Å². The number of anilines is 1. The third kappa shape index (κ3) is 4.83. The second-order valence-corrected chi connectivity index (χ2v) is 8.86. The van der Waals surface area contributed by atoms with Gasteiger partial charge in [-0.05, 0) is 47.7 Å². The van der Waals surface area contributed by atoms with Gasteiger partial charge in [0.05, 0.1) is 6.10 Å². The standard InChI is InChI=1S/C24H24F4N4O/c1-23(2)19(11-20(23)33)31-22-18(24(26,27)28)13-30-21(32-22)8-5-15-12-29-10-9-17(15)14-3-6-16(25)7-4-14/h3-4,6-7,9-10,12-13,19-20,33H,5,8,11H2,1-2H3,(H,30,31,32)/t19-,20+/m1/s1. The molecule has 4 rings (SSSR count). The Labute approximate surface area is 188 Å². The van der Waals surface area contributed by atoms with Crippen molar-refractivity contribution >= 4 is 5.82 Å². The lowest BCUT2D eigenvalue weighted by Gasteiger charge is -2.49. The monoisotopic (exact) mass is 460 g/mol. The van der Waals surface area contributed by atoms with Crippen LogP contribution in [0.25, 0.3) is 11.1 Å². The first kappa shape index (κ1) is 23.1. The highest BCUT2D eigenvalue weighted by molar-refractivity contribution is 5.66. The summed E-state index contributed by atoms with van der Waals surface area (Å²) in [6.07, 6.45) is 0.0148. The Morgan fingerprint density at radius 3 is 2.45 bits per heavy atom. The van der Waals surface area contributed by atoms with Crippen molar-refractivity contribution in [2.45, 2.75) is 51.4 Å². The highest BCUT2D eigenvalue weighted by atomic mass is 19.4. The molecule has 1 fully saturated rings. The molecule has 0 unspecified atom stereocenters. The average molecular weight is 460 g/mol. The summed E-state index contributed by atoms with van der Waals surface area (Å²) >= 11 is 0. The van der Waals surface area contributed by atoms with E-state index in [0.29, 0.717) is 19.3 Å². The fourth-order valence-corrected chi connectivity index (χ4v) is 3.95. The molecule has 2 aromatic heterocycles. The third-order valence-corrected chi connectivity index (χ3v) is 6.35. The van der Waals surface area contributed by atoms with Gasteiger partial charge in [-0.1, -0.05) is 26.0 Å². The van der Waals surface area contributed by atoms with E-state index < -0.39 is 23.3 Å². The molecule has 0 aliphatic heterocycles. The lowest BCUT2D eigenvalue weighted by Crippen LogP contribution is -2.57. The zero-order valence-electron chi connectivity index (χ0n) is 18.2. The molecular formula is C24H24F4N4O. The smallest absolute Gasteiger partial charge is 0.392 e. The van der Waals surface area contributed by atoms with Crippen LogP contribution >= 0.6 is 0 Å². The predicted molar refractivity (Wildman–Crippen MR) is 116 cm³/mol. The van der Waals surface area contributed by atoms with Crippen LogP contribution in [0.1, 0.15) is 37.2 Å². The van der Waals surface area contributed by atoms with Crippen LogP contribution in [-0.4, -0.2) is 32.2 Å². The molecule has 2 heterocycles. The molecule has 0 spiro atoms. The summed E-state index contributed by atoms with van der Waals surface area (Å²) in [5, 5.41) is 12.8. The van der Waals surface area contributed by atoms with E-state index in [1.807, 2.05) is 6.07 Å². The van der Waals surface area contributed by atoms with Gasteiger partial charge in [0.25, 0.3) is 0 Å². The molecule has 9 heteroatoms. The van der Waals surface area contributed by atoms with Gasteiger partial charge in [0.2, 0.25) is 0 Å². The molecule has 0 bridgehead atoms. The van der Waals surface area contributed by atoms with Crippen LogP contribution < -0.4 is 5.32 Å². The minimum Gasteiger partial charge on any atom is -0.392 e. The van der Waals surface area contributed by atoms with Gasteiger partial charge in [-0.15, -0.1) is 0 Å². The molecule has 0 radical (unpaired) electrons. The number of hydrogen-bond donors (Lipinski definition) is 2. The van der Waals surface area contributed by atoms with Crippen LogP contribution in [0.15, 0.2) is 48.9 Å². The van der Waals surface area contributed by atoms with E-state index in [1.54, 1.807) is 38.4 Å². The Morgan fingerprint density at radius 2 is 1.82 bits per heavy atom. The zero-order valence-corrected chi connectivity index (χ0v) is 18.2. The van der Waals surface area contributed by atoms with E-state index >= 15 is 0 Å². The summed E-state index contributed by atoms with van der Waals surface area (Å²) in [7, 11) is 0. The largest absolute Gasteiger partial charge is 0.421 e. The van der Waals surface area contributed by atoms with Crippen molar-refractivity contribution < 1.29 is 22.7 Å². The molecular weight excluding hydrogens is 436 g/mol. The summed E-state index contributed by atoms with van der Waals surface area (Å²) in [5.74, 6) is -0.353. The van der Waals surface area contributed by atoms with E-state index in [9.17, 15) is 22.7 Å². The van der Waals surface area contributed by atoms with Gasteiger partial charge < -0.3 is 10.4 Å². The molecule has 0 saturated heterocycles. The third-order valence-electron chi connectivity index (χ3n) is 6.35. The first-order valence-electron chi connectivity index (χ1n) is 10.6. The first-order chi connectivity index (χ1) is 15.6. The van der Waals surface area contributed by atoms with E-state index in [2.05, 4.69) is 20.3 Å². The van der Waals surface area contributed by atoms with E-state index in [-0.39, 0.29) is 23.5 Å². The SMILES string of the molecule is CC1(C)[C@@H](O)C[C@H]1Nc1nc(CCc2cnccc2-c2ccc(F)cc2)ncc1C(F)(F)F. The maximum atomic E-state index is 13.5. The molecule has 174 valence electrons. The molecule has 2 N–H and O–H groups in total. The first-order valence-corrected chi connectivity index (χ1v) is 10.6. The maximum Gasteiger partial charge on any atom is 0.421 e. The number of hydrogen-bond acceptors (Lipinski definition) is 5. The number of aliphatic hydroxyl groups is 1. The van der Waals surface area contributed by atoms with Crippen molar-refractivity contribution in [3.05, 3.63) is 71.7 Å². The molecule has 5 nitrogen and oxygen atoms in total. The second kappa shape index (κ2) is 8.70. The van der Waals surface area contributed by atoms with Crippen LogP contribution in [-0.2, 0) is 19.0 Å². The lowest BCUT2D eigenvalue weighted by atomic mass is 9.64. The Morgan fingerprint density at radius 1 is 1.09 bits per heavy atom. The Hall–Kier alpha value is -3.07. The number of benzene rings is 1. The number of aryl methyl sites for hydroxylation is 2. The minimum atomic E-state index is -4.60. The molecule has 0 amide bonds. The second-order valence-electron chi connectivity index (χ2n) is 8.86. The number of nitrogens with zero attached hydrogens (tertiary/aromatic N) is 3. The molecule has 33 heavy (non-hydrogen) atoms. The van der Waals surface area contributed by atoms with Crippen LogP contribution in [0.4, 0.5) is 23.4 Å². The van der Waals surface area contributed by atoms with Crippen LogP contribution in [0, 0.1) is 11.2 Å². The van der Waals surface area contributed by atoms with E-state index in [4.69, 9.17) is 0 Å². The van der Waals surface area contributed by atoms with Crippen molar-refractivity contribution in [1.29, 1.82) is 0 Å². The van der Waals surface area contributed by atoms with Crippen molar-refractivity contribution in [1.82, 2.24) is 15.0 Å². The van der Waals surface area contributed by atoms with Gasteiger partial charge in [0.1, 0.15) is 23.0 Å². The number of nitrogens with one attached hydrogen (secondary N) is 1. The van der Waals surface area contributed by atoms with E-state index in [1.165, 1.54) is 12.1 Å². The zero-order chi connectivity index (χ0) is 23.8. The van der Waals surface area contributed by atoms with Crippen molar-refractivity contribution in [2.75, 3.05) is 5.32 Å². The quantitative estimate of drug-likeness (QED) is 0.504. The number of aromatic nitrogens is 3. The van der Waals surface area contributed by atoms with Gasteiger partial charge in [0, 0.05) is 36.5 Å². The summed E-state index contributed by atoms with van der Waals surface area (Å²) in [4.78, 5) is 12.3. The summed E-state index contributed by atoms with van der Waals surface area (Å²) in [6, 6.07) is 7.55. The van der Waals surface area contributed by atoms with Crippen molar-refractivity contribution in [3.8, 4) is 11.1 Å². The molecule has 1 saturated carbocycles. The minimum absolute atomic E-state index is 0.261. The lowest BCUT2D eigenvalue weighted by molar-refractivity contribution is -0.137. The van der Waals surface area contributed by atoms with Crippen LogP contribution in [0.5, 0.6) is 0 Å².